The van der Waals surface area contributed by atoms with Crippen LogP contribution in [0.15, 0.2) is 18.2 Å². The van der Waals surface area contributed by atoms with Crippen LogP contribution in [-0.2, 0) is 0 Å². The van der Waals surface area contributed by atoms with Crippen LogP contribution in [0.1, 0.15) is 18.4 Å². The summed E-state index contributed by atoms with van der Waals surface area (Å²) in [4.78, 5) is 1.47. The molecule has 19 heavy (non-hydrogen) atoms. The first kappa shape index (κ1) is 14.4. The van der Waals surface area contributed by atoms with Gasteiger partial charge in [-0.25, -0.2) is 0 Å². The third kappa shape index (κ3) is 3.73. The molecular formula is C12H12ClF3N2S. The molecule has 2 nitrogen and oxygen atoms in total. The molecule has 1 saturated carbocycles. The minimum absolute atomic E-state index is 0.0881. The highest BCUT2D eigenvalue weighted by atomic mass is 35.5. The molecule has 0 bridgehead atoms. The van der Waals surface area contributed by atoms with E-state index in [0.29, 0.717) is 11.3 Å². The SMILES string of the molecule is NC(=S)c1ccc(N(CC(F)(F)F)C2CC2)c(Cl)c1. The van der Waals surface area contributed by atoms with Crippen LogP contribution in [0.4, 0.5) is 18.9 Å². The predicted octanol–water partition coefficient (Wildman–Crippen LogP) is 3.51. The third-order valence-electron chi connectivity index (χ3n) is 2.88. The molecule has 1 fully saturated rings. The van der Waals surface area contributed by atoms with Crippen LogP contribution >= 0.6 is 23.8 Å². The van der Waals surface area contributed by atoms with Crippen LogP contribution in [-0.4, -0.2) is 23.8 Å². The van der Waals surface area contributed by atoms with Gasteiger partial charge in [0.1, 0.15) is 11.5 Å². The molecular weight excluding hydrogens is 297 g/mol. The van der Waals surface area contributed by atoms with Crippen molar-refractivity contribution < 1.29 is 13.2 Å². The Morgan fingerprint density at radius 1 is 1.42 bits per heavy atom. The molecule has 7 heteroatoms. The molecule has 0 spiro atoms. The largest absolute Gasteiger partial charge is 0.405 e. The van der Waals surface area contributed by atoms with E-state index in [1.54, 1.807) is 12.1 Å². The first-order valence-electron chi connectivity index (χ1n) is 5.70. The van der Waals surface area contributed by atoms with Crippen LogP contribution in [0.25, 0.3) is 0 Å². The topological polar surface area (TPSA) is 29.3 Å². The number of nitrogens with two attached hydrogens (primary N) is 1. The quantitative estimate of drug-likeness (QED) is 0.863. The van der Waals surface area contributed by atoms with Gasteiger partial charge in [0.2, 0.25) is 0 Å². The Balaban J connectivity index is 2.29. The summed E-state index contributed by atoms with van der Waals surface area (Å²) in [5.74, 6) is 0. The zero-order valence-electron chi connectivity index (χ0n) is 9.88. The Morgan fingerprint density at radius 3 is 2.47 bits per heavy atom. The lowest BCUT2D eigenvalue weighted by molar-refractivity contribution is -0.119. The van der Waals surface area contributed by atoms with Crippen molar-refractivity contribution in [1.29, 1.82) is 0 Å². The summed E-state index contributed by atoms with van der Waals surface area (Å²) in [7, 11) is 0. The van der Waals surface area contributed by atoms with Gasteiger partial charge in [0, 0.05) is 11.6 Å². The van der Waals surface area contributed by atoms with E-state index in [9.17, 15) is 13.2 Å². The first-order valence-corrected chi connectivity index (χ1v) is 6.49. The van der Waals surface area contributed by atoms with Crippen LogP contribution in [0.3, 0.4) is 0 Å². The van der Waals surface area contributed by atoms with E-state index in [0.717, 1.165) is 12.8 Å². The molecule has 1 aromatic carbocycles. The molecule has 0 atom stereocenters. The van der Waals surface area contributed by atoms with Gasteiger partial charge < -0.3 is 10.6 Å². The van der Waals surface area contributed by atoms with E-state index in [4.69, 9.17) is 29.6 Å². The molecule has 104 valence electrons. The van der Waals surface area contributed by atoms with E-state index < -0.39 is 12.7 Å². The highest BCUT2D eigenvalue weighted by Gasteiger charge is 2.38. The van der Waals surface area contributed by atoms with E-state index in [2.05, 4.69) is 0 Å². The molecule has 2 N–H and O–H groups in total. The maximum atomic E-state index is 12.6. The summed E-state index contributed by atoms with van der Waals surface area (Å²) in [6, 6.07) is 4.55. The van der Waals surface area contributed by atoms with Gasteiger partial charge in [-0.3, -0.25) is 0 Å². The number of rotatable bonds is 4. The van der Waals surface area contributed by atoms with Crippen molar-refractivity contribution in [3.8, 4) is 0 Å². The minimum Gasteiger partial charge on any atom is -0.389 e. The first-order chi connectivity index (χ1) is 8.78. The number of anilines is 1. The van der Waals surface area contributed by atoms with Crippen molar-refractivity contribution in [2.75, 3.05) is 11.4 Å². The van der Waals surface area contributed by atoms with Crippen molar-refractivity contribution in [2.24, 2.45) is 5.73 Å². The fourth-order valence-electron chi connectivity index (χ4n) is 1.88. The highest BCUT2D eigenvalue weighted by molar-refractivity contribution is 7.80. The van der Waals surface area contributed by atoms with Crippen LogP contribution in [0.5, 0.6) is 0 Å². The second-order valence-electron chi connectivity index (χ2n) is 4.50. The summed E-state index contributed by atoms with van der Waals surface area (Å²) in [6.45, 7) is -0.996. The summed E-state index contributed by atoms with van der Waals surface area (Å²) in [6.07, 6.45) is -2.75. The van der Waals surface area contributed by atoms with Crippen molar-refractivity contribution in [2.45, 2.75) is 25.1 Å². The Labute approximate surface area is 119 Å². The summed E-state index contributed by atoms with van der Waals surface area (Å²) in [5.41, 5.74) is 6.39. The van der Waals surface area contributed by atoms with E-state index >= 15 is 0 Å². The Kier molecular flexibility index (Phi) is 3.92. The molecule has 0 amide bonds. The standard InChI is InChI=1S/C12H12ClF3N2S/c13-9-5-7(11(17)19)1-4-10(9)18(8-2-3-8)6-12(14,15)16/h1,4-5,8H,2-3,6H2,(H2,17,19). The number of halogens is 4. The monoisotopic (exact) mass is 308 g/mol. The lowest BCUT2D eigenvalue weighted by Gasteiger charge is -2.27. The summed E-state index contributed by atoms with van der Waals surface area (Å²) in [5, 5.41) is 0.237. The second-order valence-corrected chi connectivity index (χ2v) is 5.35. The normalized spacial score (nSPS) is 15.4. The lowest BCUT2D eigenvalue weighted by Crippen LogP contribution is -2.36. The molecule has 0 aromatic heterocycles. The molecule has 1 aliphatic carbocycles. The van der Waals surface area contributed by atoms with Crippen LogP contribution < -0.4 is 10.6 Å². The van der Waals surface area contributed by atoms with Gasteiger partial charge >= 0.3 is 6.18 Å². The molecule has 0 saturated heterocycles. The number of benzene rings is 1. The van der Waals surface area contributed by atoms with Gasteiger partial charge in [-0.2, -0.15) is 13.2 Å². The van der Waals surface area contributed by atoms with Gasteiger partial charge in [0.05, 0.1) is 10.7 Å². The van der Waals surface area contributed by atoms with Gasteiger partial charge in [-0.15, -0.1) is 0 Å². The fraction of sp³-hybridized carbons (Fsp3) is 0.417. The predicted molar refractivity (Wildman–Crippen MR) is 73.8 cm³/mol. The highest BCUT2D eigenvalue weighted by Crippen LogP contribution is 2.38. The fourth-order valence-corrected chi connectivity index (χ4v) is 2.30. The van der Waals surface area contributed by atoms with Crippen molar-refractivity contribution in [3.05, 3.63) is 28.8 Å². The summed E-state index contributed by atoms with van der Waals surface area (Å²) < 4.78 is 37.8. The average molecular weight is 309 g/mol. The number of thiocarbonyl (C=S) groups is 1. The van der Waals surface area contributed by atoms with Crippen LogP contribution in [0, 0.1) is 0 Å². The van der Waals surface area contributed by atoms with Gasteiger partial charge in [0.15, 0.2) is 0 Å². The average Bonchev–Trinajstić information content (AvgIpc) is 3.08. The number of nitrogens with zero attached hydrogens (tertiary/aromatic N) is 1. The molecule has 0 heterocycles. The lowest BCUT2D eigenvalue weighted by atomic mass is 10.2. The molecule has 0 unspecified atom stereocenters. The molecule has 1 aliphatic rings. The van der Waals surface area contributed by atoms with Crippen molar-refractivity contribution in [1.82, 2.24) is 0 Å². The number of hydrogen-bond donors (Lipinski definition) is 1. The number of hydrogen-bond acceptors (Lipinski definition) is 2. The van der Waals surface area contributed by atoms with Crippen molar-refractivity contribution >= 4 is 34.5 Å². The summed E-state index contributed by atoms with van der Waals surface area (Å²) >= 11 is 10.9. The zero-order valence-corrected chi connectivity index (χ0v) is 11.4. The Bertz CT molecular complexity index is 500. The zero-order chi connectivity index (χ0) is 14.2. The van der Waals surface area contributed by atoms with E-state index in [-0.39, 0.29) is 16.1 Å². The maximum absolute atomic E-state index is 12.6. The van der Waals surface area contributed by atoms with Gasteiger partial charge in [-0.1, -0.05) is 23.8 Å². The van der Waals surface area contributed by atoms with Gasteiger partial charge in [-0.05, 0) is 31.0 Å². The molecule has 0 aliphatic heterocycles. The van der Waals surface area contributed by atoms with E-state index in [1.807, 2.05) is 0 Å². The molecule has 1 aromatic rings. The van der Waals surface area contributed by atoms with Crippen LogP contribution in [0.2, 0.25) is 5.02 Å². The maximum Gasteiger partial charge on any atom is 0.405 e. The smallest absolute Gasteiger partial charge is 0.389 e. The number of alkyl halides is 3. The molecule has 0 radical (unpaired) electrons. The van der Waals surface area contributed by atoms with Gasteiger partial charge in [0.25, 0.3) is 0 Å². The third-order valence-corrected chi connectivity index (χ3v) is 3.42. The Hall–Kier alpha value is -1.01. The van der Waals surface area contributed by atoms with E-state index in [1.165, 1.54) is 11.0 Å². The second kappa shape index (κ2) is 5.17. The van der Waals surface area contributed by atoms with Crippen molar-refractivity contribution in [3.63, 3.8) is 0 Å². The minimum atomic E-state index is -4.26. The molecule has 2 rings (SSSR count). The Morgan fingerprint density at radius 2 is 2.05 bits per heavy atom.